The number of nitro benzene ring substituents is 1. The van der Waals surface area contributed by atoms with E-state index in [9.17, 15) is 14.9 Å². The van der Waals surface area contributed by atoms with Crippen molar-refractivity contribution >= 4 is 17.3 Å². The quantitative estimate of drug-likeness (QED) is 0.649. The fraction of sp³-hybridized carbons (Fsp3) is 0.278. The third kappa shape index (κ3) is 2.77. The molecule has 0 aliphatic carbocycles. The van der Waals surface area contributed by atoms with Crippen molar-refractivity contribution in [1.82, 2.24) is 0 Å². The van der Waals surface area contributed by atoms with E-state index >= 15 is 0 Å². The number of nitro groups is 1. The summed E-state index contributed by atoms with van der Waals surface area (Å²) in [7, 11) is 3.00. The highest BCUT2D eigenvalue weighted by Crippen LogP contribution is 2.48. The van der Waals surface area contributed by atoms with Crippen LogP contribution in [-0.2, 0) is 4.79 Å². The predicted octanol–water partition coefficient (Wildman–Crippen LogP) is 2.81. The summed E-state index contributed by atoms with van der Waals surface area (Å²) in [6.45, 7) is 0.00268. The van der Waals surface area contributed by atoms with Gasteiger partial charge < -0.3 is 24.3 Å². The summed E-state index contributed by atoms with van der Waals surface area (Å²) in [5, 5.41) is 14.4. The van der Waals surface area contributed by atoms with E-state index in [1.807, 2.05) is 0 Å². The highest BCUT2D eigenvalue weighted by Gasteiger charge is 2.35. The maximum atomic E-state index is 12.3. The van der Waals surface area contributed by atoms with Crippen LogP contribution in [-0.4, -0.2) is 31.8 Å². The van der Waals surface area contributed by atoms with E-state index in [1.54, 1.807) is 18.2 Å². The zero-order chi connectivity index (χ0) is 19.1. The zero-order valence-corrected chi connectivity index (χ0v) is 14.6. The van der Waals surface area contributed by atoms with Gasteiger partial charge in [-0.15, -0.1) is 0 Å². The third-order valence-corrected chi connectivity index (χ3v) is 4.69. The molecular weight excluding hydrogens is 356 g/mol. The summed E-state index contributed by atoms with van der Waals surface area (Å²) in [6.07, 6.45) is 0.0585. The molecule has 2 aromatic carbocycles. The van der Waals surface area contributed by atoms with Crippen LogP contribution in [0.2, 0.25) is 0 Å². The molecule has 0 saturated heterocycles. The first-order chi connectivity index (χ1) is 13.0. The molecular formula is C18H16N2O7. The molecule has 2 aromatic rings. The van der Waals surface area contributed by atoms with Crippen LogP contribution >= 0.6 is 0 Å². The highest BCUT2D eigenvalue weighted by atomic mass is 16.7. The lowest BCUT2D eigenvalue weighted by molar-refractivity contribution is -0.385. The number of carbonyl (C=O) groups excluding carboxylic acids is 1. The molecule has 0 aromatic heterocycles. The summed E-state index contributed by atoms with van der Waals surface area (Å²) in [4.78, 5) is 23.4. The van der Waals surface area contributed by atoms with Crippen LogP contribution < -0.4 is 24.3 Å². The van der Waals surface area contributed by atoms with Crippen molar-refractivity contribution in [2.24, 2.45) is 0 Å². The van der Waals surface area contributed by atoms with Crippen LogP contribution in [0.4, 0.5) is 11.4 Å². The number of hydrogen-bond acceptors (Lipinski definition) is 7. The Morgan fingerprint density at radius 2 is 1.74 bits per heavy atom. The van der Waals surface area contributed by atoms with Gasteiger partial charge >= 0.3 is 0 Å². The molecule has 1 N–H and O–H groups in total. The van der Waals surface area contributed by atoms with E-state index in [-0.39, 0.29) is 24.8 Å². The number of rotatable bonds is 4. The maximum absolute atomic E-state index is 12.3. The van der Waals surface area contributed by atoms with Gasteiger partial charge in [0.2, 0.25) is 12.7 Å². The summed E-state index contributed by atoms with van der Waals surface area (Å²) < 4.78 is 21.2. The van der Waals surface area contributed by atoms with Gasteiger partial charge in [-0.05, 0) is 17.7 Å². The summed E-state index contributed by atoms with van der Waals surface area (Å²) >= 11 is 0. The molecule has 27 heavy (non-hydrogen) atoms. The van der Waals surface area contributed by atoms with E-state index in [4.69, 9.17) is 18.9 Å². The zero-order valence-electron chi connectivity index (χ0n) is 14.6. The maximum Gasteiger partial charge on any atom is 0.277 e. The van der Waals surface area contributed by atoms with Crippen LogP contribution in [0.25, 0.3) is 0 Å². The van der Waals surface area contributed by atoms with Crippen molar-refractivity contribution in [3.63, 3.8) is 0 Å². The van der Waals surface area contributed by atoms with Gasteiger partial charge in [-0.1, -0.05) is 0 Å². The van der Waals surface area contributed by atoms with Crippen molar-refractivity contribution in [3.8, 4) is 23.0 Å². The molecule has 0 spiro atoms. The molecule has 4 rings (SSSR count). The van der Waals surface area contributed by atoms with Crippen molar-refractivity contribution < 1.29 is 28.7 Å². The second-order valence-electron chi connectivity index (χ2n) is 6.12. The van der Waals surface area contributed by atoms with Crippen LogP contribution in [0.3, 0.4) is 0 Å². The fourth-order valence-electron chi connectivity index (χ4n) is 3.45. The molecule has 2 aliphatic heterocycles. The third-order valence-electron chi connectivity index (χ3n) is 4.69. The summed E-state index contributed by atoms with van der Waals surface area (Å²) in [6, 6.07) is 6.29. The lowest BCUT2D eigenvalue weighted by atomic mass is 9.83. The Morgan fingerprint density at radius 3 is 2.41 bits per heavy atom. The Labute approximate surface area is 153 Å². The second-order valence-corrected chi connectivity index (χ2v) is 6.12. The molecule has 0 fully saturated rings. The van der Waals surface area contributed by atoms with Crippen LogP contribution in [0.1, 0.15) is 23.5 Å². The first-order valence-corrected chi connectivity index (χ1v) is 8.15. The molecule has 1 atom stereocenters. The van der Waals surface area contributed by atoms with Gasteiger partial charge in [0, 0.05) is 29.7 Å². The first-order valence-electron chi connectivity index (χ1n) is 8.15. The molecule has 1 amide bonds. The topological polar surface area (TPSA) is 109 Å². The highest BCUT2D eigenvalue weighted by molar-refractivity contribution is 5.96. The minimum Gasteiger partial charge on any atom is -0.493 e. The van der Waals surface area contributed by atoms with Crippen molar-refractivity contribution in [1.29, 1.82) is 0 Å². The van der Waals surface area contributed by atoms with Gasteiger partial charge in [0.25, 0.3) is 5.69 Å². The number of amides is 1. The number of anilines is 1. The first kappa shape index (κ1) is 17.0. The number of nitrogens with one attached hydrogen (secondary N) is 1. The average Bonchev–Trinajstić information content (AvgIpc) is 3.12. The summed E-state index contributed by atoms with van der Waals surface area (Å²) in [5.74, 6) is 0.884. The van der Waals surface area contributed by atoms with Gasteiger partial charge in [0.1, 0.15) is 0 Å². The standard InChI is InChI=1S/C18H16N2O7/c1-24-14-3-10-9(5-18(21)19-12(10)6-15(14)25-2)11-4-16-17(27-8-26-16)7-13(11)20(22)23/h3-4,6-7,9H,5,8H2,1-2H3,(H,19,21). The number of hydrogen-bond donors (Lipinski definition) is 1. The average molecular weight is 372 g/mol. The monoisotopic (exact) mass is 372 g/mol. The molecule has 0 radical (unpaired) electrons. The van der Waals surface area contributed by atoms with Gasteiger partial charge in [-0.25, -0.2) is 0 Å². The molecule has 9 heteroatoms. The van der Waals surface area contributed by atoms with Gasteiger partial charge in [0.15, 0.2) is 23.0 Å². The van der Waals surface area contributed by atoms with Crippen molar-refractivity contribution in [3.05, 3.63) is 45.5 Å². The fourth-order valence-corrected chi connectivity index (χ4v) is 3.45. The van der Waals surface area contributed by atoms with Crippen LogP contribution in [0, 0.1) is 10.1 Å². The number of carbonyl (C=O) groups is 1. The van der Waals surface area contributed by atoms with E-state index < -0.39 is 10.8 Å². The number of methoxy groups -OCH3 is 2. The minimum absolute atomic E-state index is 0.00268. The smallest absolute Gasteiger partial charge is 0.277 e. The van der Waals surface area contributed by atoms with Crippen molar-refractivity contribution in [2.75, 3.05) is 26.3 Å². The van der Waals surface area contributed by atoms with Crippen LogP contribution in [0.15, 0.2) is 24.3 Å². The van der Waals surface area contributed by atoms with Crippen LogP contribution in [0.5, 0.6) is 23.0 Å². The number of ether oxygens (including phenoxy) is 4. The lowest BCUT2D eigenvalue weighted by Crippen LogP contribution is -2.24. The number of fused-ring (bicyclic) bond motifs is 2. The van der Waals surface area contributed by atoms with Gasteiger partial charge in [-0.3, -0.25) is 14.9 Å². The second kappa shape index (κ2) is 6.35. The Hall–Kier alpha value is -3.49. The Balaban J connectivity index is 1.91. The molecule has 9 nitrogen and oxygen atoms in total. The predicted molar refractivity (Wildman–Crippen MR) is 93.9 cm³/mol. The Bertz CT molecular complexity index is 957. The Kier molecular flexibility index (Phi) is 3.98. The largest absolute Gasteiger partial charge is 0.493 e. The van der Waals surface area contributed by atoms with E-state index in [0.717, 1.165) is 0 Å². The normalized spacial score (nSPS) is 17.1. The number of nitrogens with zero attached hydrogens (tertiary/aromatic N) is 1. The number of benzene rings is 2. The molecule has 2 heterocycles. The minimum atomic E-state index is -0.538. The molecule has 0 saturated carbocycles. The van der Waals surface area contributed by atoms with Gasteiger partial charge in [-0.2, -0.15) is 0 Å². The van der Waals surface area contributed by atoms with E-state index in [1.165, 1.54) is 20.3 Å². The molecule has 2 aliphatic rings. The van der Waals surface area contributed by atoms with Gasteiger partial charge in [0.05, 0.1) is 25.2 Å². The lowest BCUT2D eigenvalue weighted by Gasteiger charge is -2.27. The Morgan fingerprint density at radius 1 is 1.07 bits per heavy atom. The van der Waals surface area contributed by atoms with E-state index in [0.29, 0.717) is 39.8 Å². The molecule has 0 bridgehead atoms. The summed E-state index contributed by atoms with van der Waals surface area (Å²) in [5.41, 5.74) is 1.49. The van der Waals surface area contributed by atoms with E-state index in [2.05, 4.69) is 5.32 Å². The SMILES string of the molecule is COc1cc2c(cc1OC)C(c1cc3c(cc1[N+](=O)[O-])OCO3)CC(=O)N2. The molecule has 1 unspecified atom stereocenters. The van der Waals surface area contributed by atoms with Crippen molar-refractivity contribution in [2.45, 2.75) is 12.3 Å². The molecule has 140 valence electrons.